The molecule has 0 saturated heterocycles. The second-order valence-electron chi connectivity index (χ2n) is 6.62. The van der Waals surface area contributed by atoms with Crippen LogP contribution >= 0.6 is 23.2 Å². The lowest BCUT2D eigenvalue weighted by Crippen LogP contribution is -2.41. The molecule has 1 aromatic rings. The standard InChI is InChI=1S/C20H22Cl2O4/c1-4-24-15-6-5-9-20(11-15)19(25-13(3)23)18(12(2)26-20)16-8-7-14(21)10-17(16)22/h7-8,10,15H,2,4-6,9,11H2,1,3H3. The molecule has 1 fully saturated rings. The maximum Gasteiger partial charge on any atom is 0.307 e. The van der Waals surface area contributed by atoms with Crippen LogP contribution in [0.3, 0.4) is 0 Å². The van der Waals surface area contributed by atoms with Gasteiger partial charge in [-0.05, 0) is 38.3 Å². The van der Waals surface area contributed by atoms with Crippen molar-refractivity contribution in [1.29, 1.82) is 0 Å². The van der Waals surface area contributed by atoms with Crippen LogP contribution in [0.2, 0.25) is 10.0 Å². The van der Waals surface area contributed by atoms with E-state index in [1.165, 1.54) is 6.92 Å². The molecule has 2 aliphatic rings. The number of esters is 1. The van der Waals surface area contributed by atoms with Crippen molar-refractivity contribution in [3.05, 3.63) is 51.9 Å². The fourth-order valence-corrected chi connectivity index (χ4v) is 4.31. The summed E-state index contributed by atoms with van der Waals surface area (Å²) in [5, 5.41) is 0.984. The van der Waals surface area contributed by atoms with Gasteiger partial charge in [-0.15, -0.1) is 0 Å². The third kappa shape index (κ3) is 3.64. The van der Waals surface area contributed by atoms with Gasteiger partial charge in [0, 0.05) is 30.5 Å². The molecule has 0 N–H and O–H groups in total. The normalized spacial score (nSPS) is 25.5. The van der Waals surface area contributed by atoms with Crippen LogP contribution in [0.4, 0.5) is 0 Å². The molecule has 1 aliphatic heterocycles. The molecule has 1 saturated carbocycles. The third-order valence-corrected chi connectivity index (χ3v) is 5.30. The first-order valence-electron chi connectivity index (χ1n) is 8.75. The van der Waals surface area contributed by atoms with E-state index in [4.69, 9.17) is 37.4 Å². The van der Waals surface area contributed by atoms with Crippen LogP contribution < -0.4 is 0 Å². The molecular formula is C20H22Cl2O4. The van der Waals surface area contributed by atoms with Crippen molar-refractivity contribution < 1.29 is 19.0 Å². The molecule has 1 aliphatic carbocycles. The molecule has 26 heavy (non-hydrogen) atoms. The Hall–Kier alpha value is -1.49. The van der Waals surface area contributed by atoms with Gasteiger partial charge in [0.25, 0.3) is 0 Å². The highest BCUT2D eigenvalue weighted by Gasteiger charge is 2.51. The van der Waals surface area contributed by atoms with Gasteiger partial charge in [-0.1, -0.05) is 35.8 Å². The zero-order valence-corrected chi connectivity index (χ0v) is 16.5. The summed E-state index contributed by atoms with van der Waals surface area (Å²) in [7, 11) is 0. The summed E-state index contributed by atoms with van der Waals surface area (Å²) in [6.07, 6.45) is 3.25. The lowest BCUT2D eigenvalue weighted by Gasteiger charge is -2.38. The Morgan fingerprint density at radius 2 is 2.19 bits per heavy atom. The minimum atomic E-state index is -0.751. The number of hydrogen-bond donors (Lipinski definition) is 0. The topological polar surface area (TPSA) is 44.8 Å². The molecule has 3 rings (SSSR count). The quantitative estimate of drug-likeness (QED) is 0.627. The van der Waals surface area contributed by atoms with Gasteiger partial charge in [0.15, 0.2) is 11.4 Å². The Bertz CT molecular complexity index is 769. The van der Waals surface area contributed by atoms with Crippen LogP contribution in [-0.2, 0) is 19.0 Å². The molecule has 0 amide bonds. The first kappa shape index (κ1) is 19.3. The summed E-state index contributed by atoms with van der Waals surface area (Å²) in [6.45, 7) is 8.03. The van der Waals surface area contributed by atoms with Gasteiger partial charge in [-0.2, -0.15) is 0 Å². The van der Waals surface area contributed by atoms with E-state index < -0.39 is 11.6 Å². The van der Waals surface area contributed by atoms with Crippen LogP contribution in [0, 0.1) is 0 Å². The Balaban J connectivity index is 2.11. The van der Waals surface area contributed by atoms with Crippen LogP contribution in [0.15, 0.2) is 36.3 Å². The van der Waals surface area contributed by atoms with Crippen molar-refractivity contribution in [3.8, 4) is 0 Å². The highest BCUT2D eigenvalue weighted by molar-refractivity contribution is 6.35. The number of hydrogen-bond acceptors (Lipinski definition) is 4. The van der Waals surface area contributed by atoms with Gasteiger partial charge in [0.05, 0.1) is 16.7 Å². The number of halogens is 2. The molecular weight excluding hydrogens is 375 g/mol. The summed E-state index contributed by atoms with van der Waals surface area (Å²) >= 11 is 12.4. The molecule has 0 radical (unpaired) electrons. The molecule has 4 nitrogen and oxygen atoms in total. The van der Waals surface area contributed by atoms with E-state index in [0.29, 0.717) is 45.7 Å². The smallest absolute Gasteiger partial charge is 0.307 e. The Morgan fingerprint density at radius 1 is 1.42 bits per heavy atom. The third-order valence-electron chi connectivity index (χ3n) is 4.75. The number of ether oxygens (including phenoxy) is 3. The van der Waals surface area contributed by atoms with Crippen LogP contribution in [-0.4, -0.2) is 24.3 Å². The maximum atomic E-state index is 11.8. The number of carbonyl (C=O) groups is 1. The lowest BCUT2D eigenvalue weighted by atomic mass is 9.80. The van der Waals surface area contributed by atoms with Gasteiger partial charge in [0.1, 0.15) is 5.76 Å². The maximum absolute atomic E-state index is 11.8. The molecule has 1 aromatic carbocycles. The monoisotopic (exact) mass is 396 g/mol. The highest BCUT2D eigenvalue weighted by Crippen LogP contribution is 2.51. The van der Waals surface area contributed by atoms with Crippen molar-refractivity contribution >= 4 is 34.7 Å². The number of carbonyl (C=O) groups excluding carboxylic acids is 1. The van der Waals surface area contributed by atoms with E-state index in [-0.39, 0.29) is 6.10 Å². The van der Waals surface area contributed by atoms with E-state index in [1.807, 2.05) is 6.92 Å². The summed E-state index contributed by atoms with van der Waals surface area (Å²) in [6, 6.07) is 5.18. The second-order valence-corrected chi connectivity index (χ2v) is 7.46. The van der Waals surface area contributed by atoms with E-state index in [9.17, 15) is 4.79 Å². The molecule has 0 aromatic heterocycles. The second kappa shape index (κ2) is 7.63. The SMILES string of the molecule is C=C1OC2(CCCC(OCC)C2)C(OC(C)=O)=C1c1ccc(Cl)cc1Cl. The van der Waals surface area contributed by atoms with Crippen LogP contribution in [0.5, 0.6) is 0 Å². The molecule has 0 bridgehead atoms. The molecule has 140 valence electrons. The van der Waals surface area contributed by atoms with Gasteiger partial charge in [0.2, 0.25) is 0 Å². The van der Waals surface area contributed by atoms with Crippen molar-refractivity contribution in [2.75, 3.05) is 6.61 Å². The summed E-state index contributed by atoms with van der Waals surface area (Å²) in [5.74, 6) is 0.519. The van der Waals surface area contributed by atoms with Crippen molar-refractivity contribution in [3.63, 3.8) is 0 Å². The number of allylic oxidation sites excluding steroid dienone is 1. The van der Waals surface area contributed by atoms with Crippen molar-refractivity contribution in [2.24, 2.45) is 0 Å². The fourth-order valence-electron chi connectivity index (χ4n) is 3.80. The van der Waals surface area contributed by atoms with Gasteiger partial charge in [-0.25, -0.2) is 0 Å². The van der Waals surface area contributed by atoms with Crippen molar-refractivity contribution in [1.82, 2.24) is 0 Å². The van der Waals surface area contributed by atoms with E-state index >= 15 is 0 Å². The highest BCUT2D eigenvalue weighted by atomic mass is 35.5. The van der Waals surface area contributed by atoms with Crippen LogP contribution in [0.25, 0.3) is 5.57 Å². The minimum absolute atomic E-state index is 0.0483. The Kier molecular flexibility index (Phi) is 5.66. The molecule has 2 unspecified atom stereocenters. The lowest BCUT2D eigenvalue weighted by molar-refractivity contribution is -0.142. The Morgan fingerprint density at radius 3 is 2.85 bits per heavy atom. The van der Waals surface area contributed by atoms with Gasteiger partial charge in [-0.3, -0.25) is 4.79 Å². The van der Waals surface area contributed by atoms with Gasteiger partial charge < -0.3 is 14.2 Å². The van der Waals surface area contributed by atoms with E-state index in [0.717, 1.165) is 19.3 Å². The van der Waals surface area contributed by atoms with E-state index in [1.54, 1.807) is 18.2 Å². The largest absolute Gasteiger partial charge is 0.479 e. The number of benzene rings is 1. The average Bonchev–Trinajstić information content (AvgIpc) is 2.79. The minimum Gasteiger partial charge on any atom is -0.479 e. The molecule has 2 atom stereocenters. The average molecular weight is 397 g/mol. The molecule has 1 heterocycles. The summed E-state index contributed by atoms with van der Waals surface area (Å²) < 4.78 is 17.7. The Labute approximate surface area is 163 Å². The first-order chi connectivity index (χ1) is 12.4. The zero-order valence-electron chi connectivity index (χ0n) is 14.9. The molecule has 1 spiro atoms. The first-order valence-corrected chi connectivity index (χ1v) is 9.50. The van der Waals surface area contributed by atoms with Crippen molar-refractivity contribution in [2.45, 2.75) is 51.2 Å². The number of rotatable bonds is 4. The predicted molar refractivity (Wildman–Crippen MR) is 102 cm³/mol. The molecule has 6 heteroatoms. The van der Waals surface area contributed by atoms with E-state index in [2.05, 4.69) is 6.58 Å². The summed E-state index contributed by atoms with van der Waals surface area (Å²) in [4.78, 5) is 11.8. The zero-order chi connectivity index (χ0) is 18.9. The van der Waals surface area contributed by atoms with Gasteiger partial charge >= 0.3 is 5.97 Å². The van der Waals surface area contributed by atoms with Crippen LogP contribution in [0.1, 0.15) is 45.1 Å². The summed E-state index contributed by atoms with van der Waals surface area (Å²) in [5.41, 5.74) is 0.561. The fraction of sp³-hybridized carbons (Fsp3) is 0.450. The predicted octanol–water partition coefficient (Wildman–Crippen LogP) is 5.53.